The molecule has 0 aliphatic carbocycles. The van der Waals surface area contributed by atoms with Crippen LogP contribution in [0.25, 0.3) is 0 Å². The molecule has 2 aromatic rings. The van der Waals surface area contributed by atoms with E-state index in [1.54, 1.807) is 30.3 Å². The van der Waals surface area contributed by atoms with Gasteiger partial charge in [0, 0.05) is 51.0 Å². The number of anilines is 3. The molecule has 0 unspecified atom stereocenters. The third-order valence-corrected chi connectivity index (χ3v) is 5.63. The Morgan fingerprint density at radius 2 is 1.59 bits per heavy atom. The molecule has 1 aromatic carbocycles. The number of halogens is 1. The third-order valence-electron chi connectivity index (χ3n) is 5.63. The van der Waals surface area contributed by atoms with E-state index in [4.69, 9.17) is 0 Å². The van der Waals surface area contributed by atoms with Crippen LogP contribution in [0.2, 0.25) is 0 Å². The van der Waals surface area contributed by atoms with Crippen molar-refractivity contribution in [1.29, 1.82) is 0 Å². The molecule has 0 bridgehead atoms. The van der Waals surface area contributed by atoms with Crippen molar-refractivity contribution in [2.75, 3.05) is 54.4 Å². The number of carbonyl (C=O) groups is 1. The van der Waals surface area contributed by atoms with E-state index in [-0.39, 0.29) is 11.8 Å². The zero-order valence-corrected chi connectivity index (χ0v) is 16.8. The summed E-state index contributed by atoms with van der Waals surface area (Å²) in [7, 11) is 0. The van der Waals surface area contributed by atoms with Crippen LogP contribution < -0.4 is 15.1 Å². The second-order valence-electron chi connectivity index (χ2n) is 7.65. The van der Waals surface area contributed by atoms with E-state index >= 15 is 0 Å². The van der Waals surface area contributed by atoms with Gasteiger partial charge in [-0.2, -0.15) is 0 Å². The van der Waals surface area contributed by atoms with Gasteiger partial charge < -0.3 is 20.0 Å². The van der Waals surface area contributed by atoms with Gasteiger partial charge in [0.2, 0.25) is 0 Å². The van der Waals surface area contributed by atoms with Gasteiger partial charge in [0.05, 0.1) is 0 Å². The van der Waals surface area contributed by atoms with Crippen LogP contribution in [0.3, 0.4) is 0 Å². The normalized spacial score (nSPS) is 17.4. The summed E-state index contributed by atoms with van der Waals surface area (Å²) in [5.41, 5.74) is 1.04. The van der Waals surface area contributed by atoms with Crippen LogP contribution in [0, 0.1) is 12.7 Å². The number of piperidine rings is 1. The summed E-state index contributed by atoms with van der Waals surface area (Å²) in [6.45, 7) is 6.36. The largest absolute Gasteiger partial charge is 0.356 e. The molecule has 2 amide bonds. The number of amides is 2. The fourth-order valence-corrected chi connectivity index (χ4v) is 3.82. The van der Waals surface area contributed by atoms with Crippen molar-refractivity contribution in [2.45, 2.75) is 26.2 Å². The van der Waals surface area contributed by atoms with Gasteiger partial charge in [-0.25, -0.2) is 19.2 Å². The highest BCUT2D eigenvalue weighted by Crippen LogP contribution is 2.22. The average molecular weight is 398 g/mol. The molecule has 7 nitrogen and oxygen atoms in total. The Labute approximate surface area is 170 Å². The standard InChI is InChI=1S/C21H27FN6O/c1-16-5-6-17(13-18(16)22)25-21(29)28-11-9-27(10-12-28)20-14-19(23-15-24-20)26-7-3-2-4-8-26/h5-6,13-15H,2-4,7-12H2,1H3,(H,25,29). The molecule has 0 spiro atoms. The first-order chi connectivity index (χ1) is 14.1. The molecule has 2 saturated heterocycles. The highest BCUT2D eigenvalue weighted by Gasteiger charge is 2.23. The lowest BCUT2D eigenvalue weighted by Crippen LogP contribution is -2.50. The minimum absolute atomic E-state index is 0.204. The number of nitrogens with zero attached hydrogens (tertiary/aromatic N) is 5. The molecule has 1 N–H and O–H groups in total. The fraction of sp³-hybridized carbons (Fsp3) is 0.476. The van der Waals surface area contributed by atoms with Crippen molar-refractivity contribution in [3.63, 3.8) is 0 Å². The number of rotatable bonds is 3. The van der Waals surface area contributed by atoms with Gasteiger partial charge in [-0.1, -0.05) is 6.07 Å². The van der Waals surface area contributed by atoms with E-state index in [0.717, 1.165) is 24.7 Å². The van der Waals surface area contributed by atoms with E-state index in [1.165, 1.54) is 25.3 Å². The van der Waals surface area contributed by atoms with Crippen molar-refractivity contribution in [3.8, 4) is 0 Å². The molecule has 2 aliphatic heterocycles. The topological polar surface area (TPSA) is 64.6 Å². The number of aryl methyl sites for hydroxylation is 1. The molecule has 8 heteroatoms. The van der Waals surface area contributed by atoms with E-state index in [9.17, 15) is 9.18 Å². The van der Waals surface area contributed by atoms with Gasteiger partial charge in [0.25, 0.3) is 0 Å². The van der Waals surface area contributed by atoms with Gasteiger partial charge in [0.15, 0.2) is 0 Å². The predicted molar refractivity (Wildman–Crippen MR) is 112 cm³/mol. The number of aromatic nitrogens is 2. The van der Waals surface area contributed by atoms with Crippen LogP contribution in [0.5, 0.6) is 0 Å². The Bertz CT molecular complexity index is 862. The summed E-state index contributed by atoms with van der Waals surface area (Å²) in [5.74, 6) is 1.57. The summed E-state index contributed by atoms with van der Waals surface area (Å²) in [6, 6.07) is 6.58. The monoisotopic (exact) mass is 398 g/mol. The second kappa shape index (κ2) is 8.63. The third kappa shape index (κ3) is 4.58. The quantitative estimate of drug-likeness (QED) is 0.860. The molecule has 2 fully saturated rings. The minimum Gasteiger partial charge on any atom is -0.356 e. The Morgan fingerprint density at radius 3 is 2.24 bits per heavy atom. The average Bonchev–Trinajstić information content (AvgIpc) is 2.77. The predicted octanol–water partition coefficient (Wildman–Crippen LogP) is 3.27. The molecule has 1 aromatic heterocycles. The minimum atomic E-state index is -0.319. The number of piperazine rings is 1. The smallest absolute Gasteiger partial charge is 0.321 e. The van der Waals surface area contributed by atoms with Gasteiger partial charge in [0.1, 0.15) is 23.8 Å². The Morgan fingerprint density at radius 1 is 0.931 bits per heavy atom. The molecule has 154 valence electrons. The lowest BCUT2D eigenvalue weighted by atomic mass is 10.1. The van der Waals surface area contributed by atoms with Crippen molar-refractivity contribution >= 4 is 23.4 Å². The SMILES string of the molecule is Cc1ccc(NC(=O)N2CCN(c3cc(N4CCCCC4)ncn3)CC2)cc1F. The molecule has 0 atom stereocenters. The van der Waals surface area contributed by atoms with Gasteiger partial charge in [-0.05, 0) is 43.9 Å². The number of nitrogens with one attached hydrogen (secondary N) is 1. The summed E-state index contributed by atoms with van der Waals surface area (Å²) in [5, 5.41) is 2.78. The van der Waals surface area contributed by atoms with E-state index in [0.29, 0.717) is 37.4 Å². The van der Waals surface area contributed by atoms with Crippen LogP contribution in [0.1, 0.15) is 24.8 Å². The zero-order chi connectivity index (χ0) is 20.2. The highest BCUT2D eigenvalue weighted by molar-refractivity contribution is 5.89. The number of carbonyl (C=O) groups excluding carboxylic acids is 1. The molecule has 3 heterocycles. The molecule has 2 aliphatic rings. The van der Waals surface area contributed by atoms with Crippen LogP contribution in [0.15, 0.2) is 30.6 Å². The lowest BCUT2D eigenvalue weighted by molar-refractivity contribution is 0.208. The van der Waals surface area contributed by atoms with Crippen LogP contribution >= 0.6 is 0 Å². The number of benzene rings is 1. The first-order valence-corrected chi connectivity index (χ1v) is 10.2. The number of urea groups is 1. The highest BCUT2D eigenvalue weighted by atomic mass is 19.1. The maximum atomic E-state index is 13.7. The maximum absolute atomic E-state index is 13.7. The van der Waals surface area contributed by atoms with Crippen LogP contribution in [-0.4, -0.2) is 60.2 Å². The van der Waals surface area contributed by atoms with Crippen molar-refractivity contribution in [3.05, 3.63) is 42.0 Å². The van der Waals surface area contributed by atoms with Crippen LogP contribution in [0.4, 0.5) is 26.5 Å². The molecule has 0 saturated carbocycles. The summed E-state index contributed by atoms with van der Waals surface area (Å²) in [6.07, 6.45) is 5.33. The van der Waals surface area contributed by atoms with E-state index in [1.807, 2.05) is 0 Å². The first-order valence-electron chi connectivity index (χ1n) is 10.2. The van der Waals surface area contributed by atoms with Gasteiger partial charge in [-0.3, -0.25) is 0 Å². The molecule has 29 heavy (non-hydrogen) atoms. The van der Waals surface area contributed by atoms with Crippen molar-refractivity contribution in [2.24, 2.45) is 0 Å². The van der Waals surface area contributed by atoms with Crippen molar-refractivity contribution in [1.82, 2.24) is 14.9 Å². The fourth-order valence-electron chi connectivity index (χ4n) is 3.82. The summed E-state index contributed by atoms with van der Waals surface area (Å²) in [4.78, 5) is 27.6. The van der Waals surface area contributed by atoms with E-state index < -0.39 is 0 Å². The lowest BCUT2D eigenvalue weighted by Gasteiger charge is -2.36. The van der Waals surface area contributed by atoms with Gasteiger partial charge >= 0.3 is 6.03 Å². The summed E-state index contributed by atoms with van der Waals surface area (Å²) >= 11 is 0. The van der Waals surface area contributed by atoms with E-state index in [2.05, 4.69) is 31.2 Å². The first kappa shape index (κ1) is 19.4. The van der Waals surface area contributed by atoms with Gasteiger partial charge in [-0.15, -0.1) is 0 Å². The molecular weight excluding hydrogens is 371 g/mol. The molecule has 4 rings (SSSR count). The Balaban J connectivity index is 1.34. The molecular formula is C21H27FN6O. The number of hydrogen-bond acceptors (Lipinski definition) is 5. The molecule has 0 radical (unpaired) electrons. The van der Waals surface area contributed by atoms with Crippen LogP contribution in [-0.2, 0) is 0 Å². The maximum Gasteiger partial charge on any atom is 0.321 e. The second-order valence-corrected chi connectivity index (χ2v) is 7.65. The number of hydrogen-bond donors (Lipinski definition) is 1. The Hall–Kier alpha value is -2.90. The Kier molecular flexibility index (Phi) is 5.78. The van der Waals surface area contributed by atoms with Crippen molar-refractivity contribution < 1.29 is 9.18 Å². The zero-order valence-electron chi connectivity index (χ0n) is 16.8. The summed E-state index contributed by atoms with van der Waals surface area (Å²) < 4.78 is 13.7.